The number of benzene rings is 1. The number of aliphatic carboxylic acids is 2. The maximum Gasteiger partial charge on any atom is 0.328 e. The summed E-state index contributed by atoms with van der Waals surface area (Å²) in [6.07, 6.45) is 6.49. The standard InChI is InChI=1S/C26H33N3O3S.C4H4O4/c1-2-14-28-21-29(22-8-4-3-5-9-22)25(24(28)30)12-16-27(17-13-25)15-7-11-26(31-18-19-32-26)23-10-6-20-33-23;5-3(6)1-2-4(7)8/h2-6,8-10,20H,1,7,11-19,21H2;1-2H,(H,5,6)(H,7,8). The quantitative estimate of drug-likeness (QED) is 0.318. The summed E-state index contributed by atoms with van der Waals surface area (Å²) >= 11 is 1.70. The number of likely N-dealkylation sites (tertiary alicyclic amines) is 1. The molecule has 0 aliphatic carbocycles. The van der Waals surface area contributed by atoms with E-state index in [0.29, 0.717) is 38.6 Å². The number of hydrogen-bond acceptors (Lipinski definition) is 8. The van der Waals surface area contributed by atoms with Gasteiger partial charge in [-0.2, -0.15) is 0 Å². The maximum atomic E-state index is 13.5. The summed E-state index contributed by atoms with van der Waals surface area (Å²) in [4.78, 5) is 40.5. The van der Waals surface area contributed by atoms with Crippen molar-refractivity contribution < 1.29 is 34.1 Å². The summed E-state index contributed by atoms with van der Waals surface area (Å²) in [5.41, 5.74) is 0.677. The van der Waals surface area contributed by atoms with E-state index in [2.05, 4.69) is 58.2 Å². The second-order valence-electron chi connectivity index (χ2n) is 10.1. The van der Waals surface area contributed by atoms with Crippen LogP contribution in [0, 0.1) is 0 Å². The molecule has 1 spiro atoms. The Morgan fingerprint density at radius 3 is 2.22 bits per heavy atom. The number of carbonyl (C=O) groups excluding carboxylic acids is 1. The van der Waals surface area contributed by atoms with Crippen molar-refractivity contribution in [1.82, 2.24) is 9.80 Å². The Labute approximate surface area is 244 Å². The lowest BCUT2D eigenvalue weighted by Gasteiger charge is -2.43. The van der Waals surface area contributed by atoms with Gasteiger partial charge >= 0.3 is 11.9 Å². The molecule has 3 fully saturated rings. The molecule has 0 bridgehead atoms. The van der Waals surface area contributed by atoms with Crippen molar-refractivity contribution in [2.24, 2.45) is 0 Å². The minimum Gasteiger partial charge on any atom is -0.478 e. The molecule has 1 amide bonds. The second-order valence-corrected chi connectivity index (χ2v) is 11.1. The topological polar surface area (TPSA) is 120 Å². The van der Waals surface area contributed by atoms with Crippen molar-refractivity contribution in [2.45, 2.75) is 37.0 Å². The summed E-state index contributed by atoms with van der Waals surface area (Å²) in [6, 6.07) is 14.5. The largest absolute Gasteiger partial charge is 0.478 e. The van der Waals surface area contributed by atoms with E-state index in [0.717, 1.165) is 55.9 Å². The van der Waals surface area contributed by atoms with Crippen molar-refractivity contribution in [2.75, 3.05) is 51.0 Å². The molecule has 41 heavy (non-hydrogen) atoms. The van der Waals surface area contributed by atoms with Gasteiger partial charge in [0.2, 0.25) is 11.7 Å². The van der Waals surface area contributed by atoms with Crippen molar-refractivity contribution in [1.29, 1.82) is 0 Å². The fraction of sp³-hybridized carbons (Fsp3) is 0.433. The van der Waals surface area contributed by atoms with Gasteiger partial charge in [-0.05, 0) is 49.4 Å². The molecule has 2 aromatic rings. The summed E-state index contributed by atoms with van der Waals surface area (Å²) < 4.78 is 12.1. The number of nitrogens with zero attached hydrogens (tertiary/aromatic N) is 3. The van der Waals surface area contributed by atoms with Crippen LogP contribution in [-0.2, 0) is 29.6 Å². The first-order chi connectivity index (χ1) is 19.8. The van der Waals surface area contributed by atoms with E-state index in [1.165, 1.54) is 0 Å². The number of carbonyl (C=O) groups is 3. The first kappa shape index (κ1) is 30.4. The molecule has 3 saturated heterocycles. The third-order valence-corrected chi connectivity index (χ3v) is 8.61. The molecule has 3 aliphatic heterocycles. The molecule has 0 radical (unpaired) electrons. The van der Waals surface area contributed by atoms with Crippen LogP contribution in [-0.4, -0.2) is 89.5 Å². The van der Waals surface area contributed by atoms with E-state index in [1.807, 2.05) is 17.0 Å². The summed E-state index contributed by atoms with van der Waals surface area (Å²) in [5, 5.41) is 17.7. The van der Waals surface area contributed by atoms with Crippen molar-refractivity contribution >= 4 is 34.9 Å². The molecule has 1 aromatic carbocycles. The Balaban J connectivity index is 0.000000426. The van der Waals surface area contributed by atoms with Crippen LogP contribution < -0.4 is 4.90 Å². The smallest absolute Gasteiger partial charge is 0.328 e. The summed E-state index contributed by atoms with van der Waals surface area (Å²) in [7, 11) is 0. The Kier molecular flexibility index (Phi) is 10.3. The van der Waals surface area contributed by atoms with Gasteiger partial charge < -0.3 is 34.4 Å². The minimum absolute atomic E-state index is 0.246. The Bertz CT molecular complexity index is 1190. The normalized spacial score (nSPS) is 19.9. The van der Waals surface area contributed by atoms with Crippen molar-refractivity contribution in [3.63, 3.8) is 0 Å². The van der Waals surface area contributed by atoms with Gasteiger partial charge in [-0.3, -0.25) is 4.79 Å². The molecule has 0 atom stereocenters. The number of carboxylic acids is 2. The van der Waals surface area contributed by atoms with Gasteiger partial charge in [0.1, 0.15) is 5.54 Å². The van der Waals surface area contributed by atoms with E-state index < -0.39 is 23.3 Å². The van der Waals surface area contributed by atoms with Crippen molar-refractivity contribution in [3.05, 3.63) is 77.5 Å². The van der Waals surface area contributed by atoms with E-state index in [-0.39, 0.29) is 5.91 Å². The predicted molar refractivity (Wildman–Crippen MR) is 156 cm³/mol. The lowest BCUT2D eigenvalue weighted by molar-refractivity contribution is -0.169. The van der Waals surface area contributed by atoms with Gasteiger partial charge in [0.05, 0.1) is 24.8 Å². The minimum atomic E-state index is -1.26. The van der Waals surface area contributed by atoms with E-state index in [9.17, 15) is 14.4 Å². The first-order valence-electron chi connectivity index (χ1n) is 13.7. The molecular formula is C30H37N3O7S. The van der Waals surface area contributed by atoms with E-state index in [4.69, 9.17) is 19.7 Å². The Hall–Kier alpha value is -3.51. The average Bonchev–Trinajstić information content (AvgIpc) is 3.73. The third kappa shape index (κ3) is 7.23. The fourth-order valence-electron chi connectivity index (χ4n) is 5.68. The highest BCUT2D eigenvalue weighted by Gasteiger charge is 2.53. The molecule has 220 valence electrons. The van der Waals surface area contributed by atoms with Crippen LogP contribution in [0.1, 0.15) is 30.6 Å². The van der Waals surface area contributed by atoms with Crippen LogP contribution in [0.2, 0.25) is 0 Å². The van der Waals surface area contributed by atoms with Gasteiger partial charge in [-0.25, -0.2) is 9.59 Å². The number of para-hydroxylation sites is 1. The van der Waals surface area contributed by atoms with Crippen LogP contribution in [0.5, 0.6) is 0 Å². The SMILES string of the molecule is C=CCN1CN(c2ccccc2)C2(CCN(CCCC3(c4cccs4)OCCO3)CC2)C1=O.O=C(O)C=CC(=O)O. The second kappa shape index (κ2) is 13.9. The van der Waals surface area contributed by atoms with E-state index >= 15 is 0 Å². The number of thiophene rings is 1. The van der Waals surface area contributed by atoms with Gasteiger partial charge in [0.15, 0.2) is 0 Å². The highest BCUT2D eigenvalue weighted by molar-refractivity contribution is 7.10. The number of carboxylic acid groups (broad SMARTS) is 2. The zero-order valence-electron chi connectivity index (χ0n) is 23.0. The highest BCUT2D eigenvalue weighted by Crippen LogP contribution is 2.41. The van der Waals surface area contributed by atoms with Gasteiger partial charge in [0.25, 0.3) is 0 Å². The molecule has 0 unspecified atom stereocenters. The fourth-order valence-corrected chi connectivity index (χ4v) is 6.54. The molecule has 3 aliphatic rings. The predicted octanol–water partition coefficient (Wildman–Crippen LogP) is 3.77. The molecule has 10 nitrogen and oxygen atoms in total. The Morgan fingerprint density at radius 1 is 1.00 bits per heavy atom. The van der Waals surface area contributed by atoms with E-state index in [1.54, 1.807) is 11.3 Å². The molecule has 1 aromatic heterocycles. The summed E-state index contributed by atoms with van der Waals surface area (Å²) in [5.74, 6) is -2.84. The Morgan fingerprint density at radius 2 is 1.66 bits per heavy atom. The zero-order valence-corrected chi connectivity index (χ0v) is 23.8. The molecule has 0 saturated carbocycles. The molecule has 11 heteroatoms. The van der Waals surface area contributed by atoms with Crippen LogP contribution in [0.4, 0.5) is 5.69 Å². The zero-order chi connectivity index (χ0) is 29.3. The molecular weight excluding hydrogens is 546 g/mol. The average molecular weight is 584 g/mol. The van der Waals surface area contributed by atoms with Crippen LogP contribution >= 0.6 is 11.3 Å². The number of piperidine rings is 1. The third-order valence-electron chi connectivity index (χ3n) is 7.61. The lowest BCUT2D eigenvalue weighted by Crippen LogP contribution is -2.56. The number of hydrogen-bond donors (Lipinski definition) is 2. The van der Waals surface area contributed by atoms with Crippen molar-refractivity contribution in [3.8, 4) is 0 Å². The molecule has 2 N–H and O–H groups in total. The highest BCUT2D eigenvalue weighted by atomic mass is 32.1. The first-order valence-corrected chi connectivity index (χ1v) is 14.6. The van der Waals surface area contributed by atoms with Crippen LogP contribution in [0.3, 0.4) is 0 Å². The van der Waals surface area contributed by atoms with Gasteiger partial charge in [-0.1, -0.05) is 30.3 Å². The monoisotopic (exact) mass is 583 g/mol. The molecule has 5 rings (SSSR count). The number of rotatable bonds is 10. The lowest BCUT2D eigenvalue weighted by atomic mass is 9.85. The maximum absolute atomic E-state index is 13.5. The summed E-state index contributed by atoms with van der Waals surface area (Å²) in [6.45, 7) is 9.23. The van der Waals surface area contributed by atoms with Gasteiger partial charge in [-0.15, -0.1) is 17.9 Å². The van der Waals surface area contributed by atoms with Crippen LogP contribution in [0.25, 0.3) is 0 Å². The number of anilines is 1. The number of amides is 1. The molecule has 4 heterocycles. The number of ether oxygens (including phenoxy) is 2. The van der Waals surface area contributed by atoms with Gasteiger partial charge in [0, 0.05) is 43.9 Å². The van der Waals surface area contributed by atoms with Crippen LogP contribution in [0.15, 0.2) is 72.7 Å².